The fourth-order valence-corrected chi connectivity index (χ4v) is 1.89. The molecule has 0 bridgehead atoms. The highest BCUT2D eigenvalue weighted by molar-refractivity contribution is 5.97. The number of rotatable bonds is 7. The maximum Gasteiger partial charge on any atom is 0.328 e. The Kier molecular flexibility index (Phi) is 6.62. The number of amides is 1. The van der Waals surface area contributed by atoms with E-state index in [2.05, 4.69) is 10.3 Å². The number of hydrogen-bond donors (Lipinski definition) is 1. The minimum Gasteiger partial charge on any atom is -0.481 e. The number of methoxy groups -OCH3 is 3. The van der Waals surface area contributed by atoms with Gasteiger partial charge in [-0.3, -0.25) is 4.79 Å². The summed E-state index contributed by atoms with van der Waals surface area (Å²) < 4.78 is 14.8. The van der Waals surface area contributed by atoms with Crippen molar-refractivity contribution in [3.05, 3.63) is 17.7 Å². The van der Waals surface area contributed by atoms with Crippen LogP contribution in [0.15, 0.2) is 12.1 Å². The Morgan fingerprint density at radius 3 is 2.09 bits per heavy atom. The molecule has 122 valence electrons. The fraction of sp³-hybridized carbons (Fsp3) is 0.533. The van der Waals surface area contributed by atoms with E-state index in [0.717, 1.165) is 0 Å². The number of ether oxygens (including phenoxy) is 3. The van der Waals surface area contributed by atoms with Crippen LogP contribution in [0.4, 0.5) is 0 Å². The first-order valence-corrected chi connectivity index (χ1v) is 6.90. The summed E-state index contributed by atoms with van der Waals surface area (Å²) in [5.41, 5.74) is 0.293. The van der Waals surface area contributed by atoms with E-state index in [-0.39, 0.29) is 17.7 Å². The minimum absolute atomic E-state index is 0.228. The molecule has 0 aliphatic heterocycles. The summed E-state index contributed by atoms with van der Waals surface area (Å²) in [5.74, 6) is -0.165. The molecule has 1 heterocycles. The van der Waals surface area contributed by atoms with Crippen LogP contribution in [-0.4, -0.2) is 44.2 Å². The standard InChI is InChI=1S/C15H22N2O5/c1-9(2)6-11(15(19)22-5)16-14(18)10-7-12(20-3)17-13(8-10)21-4/h7-9,11H,6H2,1-5H3,(H,16,18)/t11-/m1/s1. The molecule has 0 saturated carbocycles. The van der Waals surface area contributed by atoms with Crippen LogP contribution in [0.5, 0.6) is 11.8 Å². The second-order valence-corrected chi connectivity index (χ2v) is 5.12. The van der Waals surface area contributed by atoms with Gasteiger partial charge < -0.3 is 19.5 Å². The highest BCUT2D eigenvalue weighted by atomic mass is 16.5. The van der Waals surface area contributed by atoms with Crippen LogP contribution in [0.2, 0.25) is 0 Å². The van der Waals surface area contributed by atoms with Crippen LogP contribution < -0.4 is 14.8 Å². The number of hydrogen-bond acceptors (Lipinski definition) is 6. The van der Waals surface area contributed by atoms with Crippen molar-refractivity contribution in [2.45, 2.75) is 26.3 Å². The predicted molar refractivity (Wildman–Crippen MR) is 80.1 cm³/mol. The maximum absolute atomic E-state index is 12.3. The van der Waals surface area contributed by atoms with Gasteiger partial charge in [0.05, 0.1) is 26.9 Å². The Balaban J connectivity index is 2.96. The van der Waals surface area contributed by atoms with Gasteiger partial charge in [-0.1, -0.05) is 13.8 Å². The molecule has 1 rings (SSSR count). The fourth-order valence-electron chi connectivity index (χ4n) is 1.89. The number of carbonyl (C=O) groups excluding carboxylic acids is 2. The summed E-state index contributed by atoms with van der Waals surface area (Å²) in [6.45, 7) is 3.92. The van der Waals surface area contributed by atoms with Gasteiger partial charge in [-0.15, -0.1) is 0 Å². The second-order valence-electron chi connectivity index (χ2n) is 5.12. The Bertz CT molecular complexity index is 508. The molecule has 0 aliphatic rings. The highest BCUT2D eigenvalue weighted by Crippen LogP contribution is 2.18. The van der Waals surface area contributed by atoms with Crippen molar-refractivity contribution in [2.75, 3.05) is 21.3 Å². The molecule has 0 spiro atoms. The topological polar surface area (TPSA) is 86.8 Å². The number of esters is 1. The van der Waals surface area contributed by atoms with E-state index in [0.29, 0.717) is 12.0 Å². The zero-order chi connectivity index (χ0) is 16.7. The second kappa shape index (κ2) is 8.21. The zero-order valence-corrected chi connectivity index (χ0v) is 13.5. The van der Waals surface area contributed by atoms with E-state index in [1.165, 1.54) is 33.5 Å². The molecule has 0 unspecified atom stereocenters. The van der Waals surface area contributed by atoms with Crippen LogP contribution in [-0.2, 0) is 9.53 Å². The molecule has 22 heavy (non-hydrogen) atoms. The van der Waals surface area contributed by atoms with E-state index < -0.39 is 17.9 Å². The van der Waals surface area contributed by atoms with Crippen LogP contribution in [0.25, 0.3) is 0 Å². The Morgan fingerprint density at radius 2 is 1.68 bits per heavy atom. The molecule has 1 amide bonds. The maximum atomic E-state index is 12.3. The molecule has 7 nitrogen and oxygen atoms in total. The number of carbonyl (C=O) groups is 2. The molecule has 0 fully saturated rings. The quantitative estimate of drug-likeness (QED) is 0.766. The molecule has 7 heteroatoms. The molecule has 1 aromatic heterocycles. The lowest BCUT2D eigenvalue weighted by Crippen LogP contribution is -2.42. The average Bonchev–Trinajstić information content (AvgIpc) is 2.52. The van der Waals surface area contributed by atoms with Crippen LogP contribution in [0, 0.1) is 5.92 Å². The number of pyridine rings is 1. The molecular weight excluding hydrogens is 288 g/mol. The van der Waals surface area contributed by atoms with Gasteiger partial charge in [-0.25, -0.2) is 4.79 Å². The molecule has 0 aliphatic carbocycles. The van der Waals surface area contributed by atoms with E-state index in [1.54, 1.807) is 0 Å². The number of nitrogens with zero attached hydrogens (tertiary/aromatic N) is 1. The first kappa shape index (κ1) is 17.7. The molecule has 0 radical (unpaired) electrons. The first-order chi connectivity index (χ1) is 10.4. The summed E-state index contributed by atoms with van der Waals surface area (Å²) in [4.78, 5) is 28.1. The van der Waals surface area contributed by atoms with Crippen LogP contribution in [0.3, 0.4) is 0 Å². The molecule has 0 saturated heterocycles. The summed E-state index contributed by atoms with van der Waals surface area (Å²) >= 11 is 0. The summed E-state index contributed by atoms with van der Waals surface area (Å²) in [5, 5.41) is 2.67. The van der Waals surface area contributed by atoms with Crippen molar-refractivity contribution in [3.8, 4) is 11.8 Å². The third-order valence-corrected chi connectivity index (χ3v) is 2.96. The normalized spacial score (nSPS) is 11.7. The third kappa shape index (κ3) is 4.91. The smallest absolute Gasteiger partial charge is 0.328 e. The lowest BCUT2D eigenvalue weighted by atomic mass is 10.0. The molecule has 1 atom stereocenters. The van der Waals surface area contributed by atoms with Gasteiger partial charge in [0.2, 0.25) is 11.8 Å². The van der Waals surface area contributed by atoms with Gasteiger partial charge in [-0.2, -0.15) is 4.98 Å². The number of aromatic nitrogens is 1. The molecule has 1 aromatic rings. The minimum atomic E-state index is -0.706. The van der Waals surface area contributed by atoms with Gasteiger partial charge >= 0.3 is 5.97 Å². The summed E-state index contributed by atoms with van der Waals surface area (Å²) in [6.07, 6.45) is 0.484. The van der Waals surface area contributed by atoms with Crippen molar-refractivity contribution in [1.29, 1.82) is 0 Å². The summed E-state index contributed by atoms with van der Waals surface area (Å²) in [6, 6.07) is 2.24. The van der Waals surface area contributed by atoms with Crippen molar-refractivity contribution >= 4 is 11.9 Å². The van der Waals surface area contributed by atoms with Gasteiger partial charge in [0, 0.05) is 12.1 Å². The van der Waals surface area contributed by atoms with Gasteiger partial charge in [-0.05, 0) is 12.3 Å². The zero-order valence-electron chi connectivity index (χ0n) is 13.5. The van der Waals surface area contributed by atoms with Crippen molar-refractivity contribution < 1.29 is 23.8 Å². The van der Waals surface area contributed by atoms with E-state index >= 15 is 0 Å². The molecular formula is C15H22N2O5. The van der Waals surface area contributed by atoms with Gasteiger partial charge in [0.15, 0.2) is 0 Å². The SMILES string of the molecule is COC(=O)[C@@H](CC(C)C)NC(=O)c1cc(OC)nc(OC)c1. The lowest BCUT2D eigenvalue weighted by molar-refractivity contribution is -0.143. The highest BCUT2D eigenvalue weighted by Gasteiger charge is 2.23. The Morgan fingerprint density at radius 1 is 1.14 bits per heavy atom. The van der Waals surface area contributed by atoms with Crippen LogP contribution in [0.1, 0.15) is 30.6 Å². The van der Waals surface area contributed by atoms with Crippen LogP contribution >= 0.6 is 0 Å². The Labute approximate surface area is 130 Å². The van der Waals surface area contributed by atoms with Crippen molar-refractivity contribution in [1.82, 2.24) is 10.3 Å². The van der Waals surface area contributed by atoms with E-state index in [1.807, 2.05) is 13.8 Å². The van der Waals surface area contributed by atoms with Gasteiger partial charge in [0.25, 0.3) is 5.91 Å². The lowest BCUT2D eigenvalue weighted by Gasteiger charge is -2.18. The first-order valence-electron chi connectivity index (χ1n) is 6.90. The largest absolute Gasteiger partial charge is 0.481 e. The van der Waals surface area contributed by atoms with Crippen molar-refractivity contribution in [3.63, 3.8) is 0 Å². The summed E-state index contributed by atoms with van der Waals surface area (Å²) in [7, 11) is 4.18. The molecule has 0 aromatic carbocycles. The third-order valence-electron chi connectivity index (χ3n) is 2.96. The average molecular weight is 310 g/mol. The van der Waals surface area contributed by atoms with E-state index in [9.17, 15) is 9.59 Å². The van der Waals surface area contributed by atoms with Gasteiger partial charge in [0.1, 0.15) is 6.04 Å². The monoisotopic (exact) mass is 310 g/mol. The predicted octanol–water partition coefficient (Wildman–Crippen LogP) is 1.42. The Hall–Kier alpha value is -2.31. The number of nitrogens with one attached hydrogen (secondary N) is 1. The molecule has 1 N–H and O–H groups in total. The van der Waals surface area contributed by atoms with Crippen molar-refractivity contribution in [2.24, 2.45) is 5.92 Å². The van der Waals surface area contributed by atoms with E-state index in [4.69, 9.17) is 14.2 Å².